The standard InChI is InChI=1S/C21H23NO5/c1-24-18-12-20-19(26-8-9-27-20)11-16(18)13-22-21(23)15-6-7-25-17-5-3-2-4-14(17)10-15/h2-5,11-12,15H,6-10,13H2,1H3,(H,22,23). The molecule has 1 unspecified atom stereocenters. The maximum absolute atomic E-state index is 12.8. The molecule has 2 aromatic carbocycles. The predicted octanol–water partition coefficient (Wildman–Crippen LogP) is 2.72. The van der Waals surface area contributed by atoms with Crippen LogP contribution in [-0.2, 0) is 17.8 Å². The van der Waals surface area contributed by atoms with E-state index in [-0.39, 0.29) is 11.8 Å². The molecule has 2 aliphatic rings. The van der Waals surface area contributed by atoms with Crippen molar-refractivity contribution in [1.82, 2.24) is 5.32 Å². The van der Waals surface area contributed by atoms with Gasteiger partial charge >= 0.3 is 0 Å². The summed E-state index contributed by atoms with van der Waals surface area (Å²) in [4.78, 5) is 12.8. The van der Waals surface area contributed by atoms with E-state index in [2.05, 4.69) is 5.32 Å². The Morgan fingerprint density at radius 1 is 1.07 bits per heavy atom. The number of hydrogen-bond acceptors (Lipinski definition) is 5. The van der Waals surface area contributed by atoms with E-state index in [0.29, 0.717) is 56.5 Å². The van der Waals surface area contributed by atoms with Crippen LogP contribution < -0.4 is 24.3 Å². The average Bonchev–Trinajstić information content (AvgIpc) is 2.93. The van der Waals surface area contributed by atoms with Gasteiger partial charge in [0.2, 0.25) is 5.91 Å². The number of hydrogen-bond donors (Lipinski definition) is 1. The van der Waals surface area contributed by atoms with Gasteiger partial charge in [0, 0.05) is 24.1 Å². The molecular formula is C21H23NO5. The lowest BCUT2D eigenvalue weighted by molar-refractivity contribution is -0.125. The van der Waals surface area contributed by atoms with Crippen molar-refractivity contribution in [2.75, 3.05) is 26.9 Å². The van der Waals surface area contributed by atoms with E-state index >= 15 is 0 Å². The largest absolute Gasteiger partial charge is 0.496 e. The Balaban J connectivity index is 1.45. The highest BCUT2D eigenvalue weighted by Gasteiger charge is 2.24. The van der Waals surface area contributed by atoms with Crippen molar-refractivity contribution in [1.29, 1.82) is 0 Å². The van der Waals surface area contributed by atoms with Crippen molar-refractivity contribution in [3.8, 4) is 23.0 Å². The van der Waals surface area contributed by atoms with E-state index in [0.717, 1.165) is 16.9 Å². The molecule has 0 aliphatic carbocycles. The second-order valence-electron chi connectivity index (χ2n) is 6.67. The fourth-order valence-corrected chi connectivity index (χ4v) is 3.48. The van der Waals surface area contributed by atoms with Crippen LogP contribution in [0, 0.1) is 5.92 Å². The highest BCUT2D eigenvalue weighted by Crippen LogP contribution is 2.36. The molecule has 6 heteroatoms. The monoisotopic (exact) mass is 369 g/mol. The molecule has 4 rings (SSSR count). The zero-order valence-corrected chi connectivity index (χ0v) is 15.3. The van der Waals surface area contributed by atoms with E-state index in [1.165, 1.54) is 0 Å². The van der Waals surface area contributed by atoms with E-state index in [4.69, 9.17) is 18.9 Å². The first-order valence-corrected chi connectivity index (χ1v) is 9.19. The first-order chi connectivity index (χ1) is 13.2. The fraction of sp³-hybridized carbons (Fsp3) is 0.381. The molecular weight excluding hydrogens is 346 g/mol. The molecule has 2 aromatic rings. The Morgan fingerprint density at radius 3 is 2.63 bits per heavy atom. The van der Waals surface area contributed by atoms with Crippen LogP contribution >= 0.6 is 0 Å². The normalized spacial score (nSPS) is 17.9. The number of amides is 1. The minimum atomic E-state index is -0.114. The van der Waals surface area contributed by atoms with Crippen LogP contribution in [0.15, 0.2) is 36.4 Å². The summed E-state index contributed by atoms with van der Waals surface area (Å²) >= 11 is 0. The Bertz CT molecular complexity index is 835. The lowest BCUT2D eigenvalue weighted by Gasteiger charge is -2.21. The van der Waals surface area contributed by atoms with Gasteiger partial charge in [-0.25, -0.2) is 0 Å². The second kappa shape index (κ2) is 7.78. The average molecular weight is 369 g/mol. The van der Waals surface area contributed by atoms with Gasteiger partial charge in [-0.1, -0.05) is 18.2 Å². The van der Waals surface area contributed by atoms with Crippen molar-refractivity contribution in [2.24, 2.45) is 5.92 Å². The summed E-state index contributed by atoms with van der Waals surface area (Å²) in [5, 5.41) is 3.04. The van der Waals surface area contributed by atoms with Gasteiger partial charge in [0.15, 0.2) is 11.5 Å². The number of carbonyl (C=O) groups is 1. The molecule has 0 bridgehead atoms. The SMILES string of the molecule is COc1cc2c(cc1CNC(=O)C1CCOc3ccccc3C1)OCCO2. The van der Waals surface area contributed by atoms with Crippen molar-refractivity contribution in [3.63, 3.8) is 0 Å². The molecule has 142 valence electrons. The van der Waals surface area contributed by atoms with Crippen molar-refractivity contribution in [3.05, 3.63) is 47.5 Å². The molecule has 0 saturated carbocycles. The Hall–Kier alpha value is -2.89. The zero-order chi connectivity index (χ0) is 18.6. The van der Waals surface area contributed by atoms with Crippen LogP contribution in [0.4, 0.5) is 0 Å². The van der Waals surface area contributed by atoms with Gasteiger partial charge in [0.05, 0.1) is 13.7 Å². The molecule has 0 radical (unpaired) electrons. The van der Waals surface area contributed by atoms with Crippen LogP contribution in [0.3, 0.4) is 0 Å². The van der Waals surface area contributed by atoms with Gasteiger partial charge < -0.3 is 24.3 Å². The van der Waals surface area contributed by atoms with E-state index < -0.39 is 0 Å². The summed E-state index contributed by atoms with van der Waals surface area (Å²) in [5.41, 5.74) is 1.94. The molecule has 2 aliphatic heterocycles. The van der Waals surface area contributed by atoms with Gasteiger partial charge in [0.25, 0.3) is 0 Å². The lowest BCUT2D eigenvalue weighted by atomic mass is 9.96. The van der Waals surface area contributed by atoms with Gasteiger partial charge in [-0.05, 0) is 30.5 Å². The molecule has 1 amide bonds. The zero-order valence-electron chi connectivity index (χ0n) is 15.3. The minimum absolute atomic E-state index is 0.0206. The number of rotatable bonds is 4. The third-order valence-corrected chi connectivity index (χ3v) is 4.93. The number of benzene rings is 2. The smallest absolute Gasteiger partial charge is 0.223 e. The van der Waals surface area contributed by atoms with Crippen LogP contribution in [-0.4, -0.2) is 32.8 Å². The summed E-state index contributed by atoms with van der Waals surface area (Å²) in [5.74, 6) is 2.81. The summed E-state index contributed by atoms with van der Waals surface area (Å²) < 4.78 is 22.4. The van der Waals surface area contributed by atoms with Gasteiger partial charge in [-0.2, -0.15) is 0 Å². The number of carbonyl (C=O) groups excluding carboxylic acids is 1. The summed E-state index contributed by atoms with van der Waals surface area (Å²) in [6.45, 7) is 1.96. The van der Waals surface area contributed by atoms with Gasteiger partial charge in [-0.15, -0.1) is 0 Å². The Morgan fingerprint density at radius 2 is 1.81 bits per heavy atom. The summed E-state index contributed by atoms with van der Waals surface area (Å²) in [6.07, 6.45) is 1.37. The lowest BCUT2D eigenvalue weighted by Crippen LogP contribution is -2.32. The van der Waals surface area contributed by atoms with Crippen LogP contribution in [0.2, 0.25) is 0 Å². The van der Waals surface area contributed by atoms with E-state index in [1.54, 1.807) is 7.11 Å². The van der Waals surface area contributed by atoms with Gasteiger partial charge in [-0.3, -0.25) is 4.79 Å². The van der Waals surface area contributed by atoms with Gasteiger partial charge in [0.1, 0.15) is 24.7 Å². The maximum Gasteiger partial charge on any atom is 0.223 e. The van der Waals surface area contributed by atoms with Crippen molar-refractivity contribution < 1.29 is 23.7 Å². The number of fused-ring (bicyclic) bond motifs is 2. The Kier molecular flexibility index (Phi) is 5.05. The molecule has 27 heavy (non-hydrogen) atoms. The van der Waals surface area contributed by atoms with Crippen LogP contribution in [0.25, 0.3) is 0 Å². The first kappa shape index (κ1) is 17.5. The summed E-state index contributed by atoms with van der Waals surface area (Å²) in [6, 6.07) is 11.6. The molecule has 0 fully saturated rings. The molecule has 1 N–H and O–H groups in total. The third kappa shape index (κ3) is 3.79. The second-order valence-corrected chi connectivity index (χ2v) is 6.67. The fourth-order valence-electron chi connectivity index (χ4n) is 3.48. The summed E-state index contributed by atoms with van der Waals surface area (Å²) in [7, 11) is 1.61. The predicted molar refractivity (Wildman–Crippen MR) is 99.6 cm³/mol. The molecule has 2 heterocycles. The number of nitrogens with one attached hydrogen (secondary N) is 1. The molecule has 0 spiro atoms. The molecule has 0 saturated heterocycles. The van der Waals surface area contributed by atoms with E-state index in [1.807, 2.05) is 36.4 Å². The number of para-hydroxylation sites is 1. The van der Waals surface area contributed by atoms with E-state index in [9.17, 15) is 4.79 Å². The Labute approximate surface area is 158 Å². The van der Waals surface area contributed by atoms with Crippen LogP contribution in [0.5, 0.6) is 23.0 Å². The highest BCUT2D eigenvalue weighted by molar-refractivity contribution is 5.79. The first-order valence-electron chi connectivity index (χ1n) is 9.19. The topological polar surface area (TPSA) is 66.0 Å². The third-order valence-electron chi connectivity index (χ3n) is 4.93. The highest BCUT2D eigenvalue weighted by atomic mass is 16.6. The van der Waals surface area contributed by atoms with Crippen LogP contribution in [0.1, 0.15) is 17.5 Å². The number of methoxy groups -OCH3 is 1. The molecule has 1 atom stereocenters. The minimum Gasteiger partial charge on any atom is -0.496 e. The number of ether oxygens (including phenoxy) is 4. The quantitative estimate of drug-likeness (QED) is 0.898. The van der Waals surface area contributed by atoms with Crippen molar-refractivity contribution >= 4 is 5.91 Å². The molecule has 6 nitrogen and oxygen atoms in total. The van der Waals surface area contributed by atoms with Crippen molar-refractivity contribution in [2.45, 2.75) is 19.4 Å². The molecule has 0 aromatic heterocycles. The maximum atomic E-state index is 12.8.